The van der Waals surface area contributed by atoms with Crippen molar-refractivity contribution >= 4 is 44.0 Å². The van der Waals surface area contributed by atoms with E-state index in [0.717, 1.165) is 22.7 Å². The van der Waals surface area contributed by atoms with Crippen LogP contribution in [0.25, 0.3) is 22.3 Å². The molecule has 0 amide bonds. The van der Waals surface area contributed by atoms with Crippen LogP contribution in [0.2, 0.25) is 0 Å². The minimum absolute atomic E-state index is 0.216. The SMILES string of the molecule is O=C(OCCl)c1c(-c2ccccc2)oc2cc(Cc3ccccc3)c([Si])cc12. The molecule has 3 nitrogen and oxygen atoms in total. The van der Waals surface area contributed by atoms with Crippen molar-refractivity contribution in [2.45, 2.75) is 6.42 Å². The minimum Gasteiger partial charge on any atom is -0.455 e. The molecule has 0 aliphatic carbocycles. The van der Waals surface area contributed by atoms with E-state index < -0.39 is 5.97 Å². The number of carbonyl (C=O) groups excluding carboxylic acids is 1. The average molecular weight is 404 g/mol. The number of rotatable bonds is 5. The molecule has 28 heavy (non-hydrogen) atoms. The van der Waals surface area contributed by atoms with Crippen molar-refractivity contribution in [2.75, 3.05) is 6.07 Å². The second kappa shape index (κ2) is 8.05. The number of halogens is 1. The highest BCUT2D eigenvalue weighted by Crippen LogP contribution is 2.34. The maximum atomic E-state index is 12.6. The summed E-state index contributed by atoms with van der Waals surface area (Å²) in [6.07, 6.45) is 0.748. The highest BCUT2D eigenvalue weighted by Gasteiger charge is 2.24. The van der Waals surface area contributed by atoms with Gasteiger partial charge in [0.05, 0.1) is 10.2 Å². The van der Waals surface area contributed by atoms with E-state index in [9.17, 15) is 4.79 Å². The first-order chi connectivity index (χ1) is 13.7. The van der Waals surface area contributed by atoms with Crippen molar-refractivity contribution in [3.05, 3.63) is 89.5 Å². The van der Waals surface area contributed by atoms with Crippen LogP contribution < -0.4 is 5.19 Å². The molecule has 0 spiro atoms. The molecule has 3 aromatic carbocycles. The number of carbonyl (C=O) groups is 1. The summed E-state index contributed by atoms with van der Waals surface area (Å²) < 4.78 is 11.2. The Bertz CT molecular complexity index is 1120. The summed E-state index contributed by atoms with van der Waals surface area (Å²) in [7, 11) is 3.70. The Morgan fingerprint density at radius 2 is 1.68 bits per heavy atom. The predicted molar refractivity (Wildman–Crippen MR) is 112 cm³/mol. The summed E-state index contributed by atoms with van der Waals surface area (Å²) in [6.45, 7) is 0. The molecule has 0 saturated carbocycles. The van der Waals surface area contributed by atoms with Gasteiger partial charge < -0.3 is 9.15 Å². The van der Waals surface area contributed by atoms with Crippen LogP contribution in [0.3, 0.4) is 0 Å². The first-order valence-corrected chi connectivity index (χ1v) is 9.84. The van der Waals surface area contributed by atoms with Crippen LogP contribution in [-0.2, 0) is 11.2 Å². The van der Waals surface area contributed by atoms with Crippen molar-refractivity contribution in [1.29, 1.82) is 0 Å². The van der Waals surface area contributed by atoms with Crippen molar-refractivity contribution in [3.63, 3.8) is 0 Å². The van der Waals surface area contributed by atoms with Crippen LogP contribution in [0, 0.1) is 0 Å². The molecule has 4 rings (SSSR count). The normalized spacial score (nSPS) is 10.9. The van der Waals surface area contributed by atoms with Crippen molar-refractivity contribution in [3.8, 4) is 11.3 Å². The summed E-state index contributed by atoms with van der Waals surface area (Å²) in [5.74, 6) is -0.0249. The molecule has 0 bridgehead atoms. The fourth-order valence-corrected chi connectivity index (χ4v) is 3.67. The maximum Gasteiger partial charge on any atom is 0.343 e. The Morgan fingerprint density at radius 3 is 2.36 bits per heavy atom. The molecule has 0 fully saturated rings. The highest BCUT2D eigenvalue weighted by atomic mass is 35.5. The van der Waals surface area contributed by atoms with E-state index in [4.69, 9.17) is 20.8 Å². The van der Waals surface area contributed by atoms with Gasteiger partial charge in [-0.05, 0) is 23.6 Å². The molecule has 0 aliphatic rings. The molecule has 0 N–H and O–H groups in total. The van der Waals surface area contributed by atoms with Crippen LogP contribution >= 0.6 is 11.6 Å². The zero-order valence-corrected chi connectivity index (χ0v) is 16.7. The van der Waals surface area contributed by atoms with Crippen LogP contribution in [0.1, 0.15) is 21.5 Å². The number of furan rings is 1. The van der Waals surface area contributed by atoms with Gasteiger partial charge in [-0.3, -0.25) is 0 Å². The molecule has 137 valence electrons. The Balaban J connectivity index is 1.87. The predicted octanol–water partition coefficient (Wildman–Crippen LogP) is 4.84. The summed E-state index contributed by atoms with van der Waals surface area (Å²) in [5, 5.41) is 1.59. The molecule has 1 heterocycles. The monoisotopic (exact) mass is 403 g/mol. The first kappa shape index (κ1) is 18.5. The number of alkyl halides is 1. The smallest absolute Gasteiger partial charge is 0.343 e. The van der Waals surface area contributed by atoms with Gasteiger partial charge in [0.15, 0.2) is 6.07 Å². The molecule has 0 atom stereocenters. The number of hydrogen-bond donors (Lipinski definition) is 0. The van der Waals surface area contributed by atoms with Gasteiger partial charge in [0.2, 0.25) is 0 Å². The number of ether oxygens (including phenoxy) is 1. The summed E-state index contributed by atoms with van der Waals surface area (Å²) in [5.41, 5.74) is 4.08. The maximum absolute atomic E-state index is 12.6. The largest absolute Gasteiger partial charge is 0.455 e. The Labute approximate surface area is 171 Å². The number of benzene rings is 3. The number of fused-ring (bicyclic) bond motifs is 1. The van der Waals surface area contributed by atoms with Crippen molar-refractivity contribution in [1.82, 2.24) is 0 Å². The summed E-state index contributed by atoms with van der Waals surface area (Å²) in [4.78, 5) is 12.6. The lowest BCUT2D eigenvalue weighted by molar-refractivity contribution is 0.0576. The zero-order chi connectivity index (χ0) is 19.5. The molecule has 3 radical (unpaired) electrons. The van der Waals surface area contributed by atoms with Crippen LogP contribution in [0.15, 0.2) is 77.2 Å². The molecule has 0 saturated heterocycles. The third-order valence-corrected chi connectivity index (χ3v) is 5.15. The number of esters is 1. The molecule has 5 heteroatoms. The third-order valence-electron chi connectivity index (χ3n) is 4.58. The van der Waals surface area contributed by atoms with E-state index in [1.807, 2.05) is 60.7 Å². The molecule has 0 aliphatic heterocycles. The van der Waals surface area contributed by atoms with Gasteiger partial charge in [-0.2, -0.15) is 0 Å². The van der Waals surface area contributed by atoms with E-state index in [1.165, 1.54) is 5.56 Å². The fraction of sp³-hybridized carbons (Fsp3) is 0.0870. The second-order valence-electron chi connectivity index (χ2n) is 6.38. The lowest BCUT2D eigenvalue weighted by atomic mass is 10.0. The third kappa shape index (κ3) is 3.61. The van der Waals surface area contributed by atoms with E-state index in [1.54, 1.807) is 0 Å². The van der Waals surface area contributed by atoms with Crippen LogP contribution in [-0.4, -0.2) is 22.3 Å². The van der Waals surface area contributed by atoms with E-state index in [2.05, 4.69) is 22.4 Å². The summed E-state index contributed by atoms with van der Waals surface area (Å²) >= 11 is 5.63. The molecular weight excluding hydrogens is 388 g/mol. The number of hydrogen-bond acceptors (Lipinski definition) is 3. The van der Waals surface area contributed by atoms with Crippen LogP contribution in [0.5, 0.6) is 0 Å². The van der Waals surface area contributed by atoms with Gasteiger partial charge in [0.25, 0.3) is 0 Å². The molecule has 1 aromatic heterocycles. The molecular formula is C23H16ClO3Si. The van der Waals surface area contributed by atoms with Crippen molar-refractivity contribution < 1.29 is 13.9 Å². The highest BCUT2D eigenvalue weighted by molar-refractivity contribution is 6.34. The van der Waals surface area contributed by atoms with Gasteiger partial charge in [0, 0.05) is 10.9 Å². The second-order valence-corrected chi connectivity index (χ2v) is 7.14. The Kier molecular flexibility index (Phi) is 5.33. The van der Waals surface area contributed by atoms with E-state index in [-0.39, 0.29) is 6.07 Å². The first-order valence-electron chi connectivity index (χ1n) is 8.81. The standard InChI is InChI=1S/C23H16ClO3Si/c24-14-26-23(25)21-18-13-20(28)17(11-15-7-3-1-4-8-15)12-19(18)27-22(21)16-9-5-2-6-10-16/h1-10,12-13H,11,14H2. The van der Waals surface area contributed by atoms with Gasteiger partial charge in [-0.15, -0.1) is 0 Å². The van der Waals surface area contributed by atoms with E-state index >= 15 is 0 Å². The van der Waals surface area contributed by atoms with Crippen LogP contribution in [0.4, 0.5) is 0 Å². The van der Waals surface area contributed by atoms with Gasteiger partial charge >= 0.3 is 5.97 Å². The molecule has 4 aromatic rings. The Hall–Kier alpha value is -2.82. The molecule has 0 unspecified atom stereocenters. The average Bonchev–Trinajstić information content (AvgIpc) is 3.08. The van der Waals surface area contributed by atoms with Gasteiger partial charge in [-0.25, -0.2) is 4.79 Å². The lowest BCUT2D eigenvalue weighted by Gasteiger charge is -2.07. The van der Waals surface area contributed by atoms with Crippen molar-refractivity contribution in [2.24, 2.45) is 0 Å². The minimum atomic E-state index is -0.505. The zero-order valence-electron chi connectivity index (χ0n) is 14.9. The lowest BCUT2D eigenvalue weighted by Crippen LogP contribution is -2.11. The topological polar surface area (TPSA) is 39.4 Å². The summed E-state index contributed by atoms with van der Waals surface area (Å²) in [6, 6.07) is 23.4. The van der Waals surface area contributed by atoms with E-state index in [0.29, 0.717) is 22.3 Å². The Morgan fingerprint density at radius 1 is 1.00 bits per heavy atom. The fourth-order valence-electron chi connectivity index (χ4n) is 3.26. The van der Waals surface area contributed by atoms with Gasteiger partial charge in [0.1, 0.15) is 16.9 Å². The van der Waals surface area contributed by atoms with Gasteiger partial charge in [-0.1, -0.05) is 83.5 Å². The quantitative estimate of drug-likeness (QED) is 0.272.